The minimum absolute atomic E-state index is 0.262. The molecule has 2 aromatic rings. The van der Waals surface area contributed by atoms with Crippen molar-refractivity contribution in [1.82, 2.24) is 10.6 Å². The average molecular weight is 400 g/mol. The molecular weight excluding hydrogens is 374 g/mol. The first-order valence-corrected chi connectivity index (χ1v) is 9.94. The Morgan fingerprint density at radius 3 is 2.88 bits per heavy atom. The van der Waals surface area contributed by atoms with E-state index in [4.69, 9.17) is 20.8 Å². The third kappa shape index (κ3) is 7.78. The van der Waals surface area contributed by atoms with Gasteiger partial charge in [0.05, 0.1) is 17.1 Å². The molecule has 3 N–H and O–H groups in total. The Morgan fingerprint density at radius 2 is 2.19 bits per heavy atom. The second-order valence-corrected chi connectivity index (χ2v) is 7.33. The van der Waals surface area contributed by atoms with Gasteiger partial charge in [0.25, 0.3) is 0 Å². The highest BCUT2D eigenvalue weighted by atomic mass is 35.5. The van der Waals surface area contributed by atoms with E-state index >= 15 is 0 Å². The van der Waals surface area contributed by atoms with Crippen molar-refractivity contribution in [3.05, 3.63) is 45.5 Å². The van der Waals surface area contributed by atoms with E-state index in [1.165, 1.54) is 11.3 Å². The predicted molar refractivity (Wildman–Crippen MR) is 106 cm³/mol. The predicted octanol–water partition coefficient (Wildman–Crippen LogP) is 3.23. The summed E-state index contributed by atoms with van der Waals surface area (Å²) in [4.78, 5) is 5.29. The number of guanidine groups is 1. The smallest absolute Gasteiger partial charge is 0.191 e. The molecule has 0 radical (unpaired) electrons. The number of halogens is 1. The van der Waals surface area contributed by atoms with Gasteiger partial charge in [-0.1, -0.05) is 11.6 Å². The molecule has 144 valence electrons. The number of aliphatic hydroxyl groups is 1. The topological polar surface area (TPSA) is 79.0 Å². The first-order chi connectivity index (χ1) is 12.7. The van der Waals surface area contributed by atoms with Gasteiger partial charge in [0.15, 0.2) is 5.96 Å². The van der Waals surface area contributed by atoms with Crippen molar-refractivity contribution >= 4 is 28.9 Å². The van der Waals surface area contributed by atoms with E-state index in [9.17, 15) is 5.11 Å². The minimum atomic E-state index is -0.667. The number of nitrogens with one attached hydrogen (secondary N) is 2. The van der Waals surface area contributed by atoms with Gasteiger partial charge in [0, 0.05) is 37.6 Å². The molecule has 0 saturated heterocycles. The lowest BCUT2D eigenvalue weighted by molar-refractivity contribution is 0.145. The fourth-order valence-electron chi connectivity index (χ4n) is 2.23. The van der Waals surface area contributed by atoms with Gasteiger partial charge in [-0.15, -0.1) is 11.3 Å². The van der Waals surface area contributed by atoms with Crippen molar-refractivity contribution in [2.45, 2.75) is 25.9 Å². The van der Waals surface area contributed by atoms with E-state index in [2.05, 4.69) is 15.6 Å². The summed E-state index contributed by atoms with van der Waals surface area (Å²) in [5, 5.41) is 16.8. The third-order valence-electron chi connectivity index (χ3n) is 3.55. The Labute approximate surface area is 163 Å². The van der Waals surface area contributed by atoms with Crippen LogP contribution in [0.5, 0.6) is 0 Å². The standard InChI is InChI=1S/C18H26ClN3O3S/c1-2-24-11-4-9-20-18(21-10-8-14-5-3-12-25-14)22-13-15(23)16-6-7-17(19)26-16/h3,5-7,12,15,23H,2,4,8-11,13H2,1H3,(H2,20,21,22). The maximum Gasteiger partial charge on any atom is 0.191 e. The van der Waals surface area contributed by atoms with Crippen molar-refractivity contribution in [3.63, 3.8) is 0 Å². The molecule has 1 atom stereocenters. The van der Waals surface area contributed by atoms with E-state index in [0.717, 1.165) is 36.6 Å². The van der Waals surface area contributed by atoms with Crippen LogP contribution in [-0.2, 0) is 11.2 Å². The minimum Gasteiger partial charge on any atom is -0.469 e. The monoisotopic (exact) mass is 399 g/mol. The summed E-state index contributed by atoms with van der Waals surface area (Å²) < 4.78 is 11.3. The first-order valence-electron chi connectivity index (χ1n) is 8.74. The zero-order valence-corrected chi connectivity index (χ0v) is 16.5. The Kier molecular flexibility index (Phi) is 9.55. The molecule has 0 saturated carbocycles. The van der Waals surface area contributed by atoms with Gasteiger partial charge in [-0.25, -0.2) is 0 Å². The summed E-state index contributed by atoms with van der Waals surface area (Å²) in [6.07, 6.45) is 2.64. The molecule has 1 unspecified atom stereocenters. The Morgan fingerprint density at radius 1 is 1.35 bits per heavy atom. The zero-order chi connectivity index (χ0) is 18.6. The van der Waals surface area contributed by atoms with Gasteiger partial charge in [-0.2, -0.15) is 0 Å². The number of aliphatic imine (C=N–C) groups is 1. The Balaban J connectivity index is 1.83. The van der Waals surface area contributed by atoms with Crippen LogP contribution in [0.4, 0.5) is 0 Å². The van der Waals surface area contributed by atoms with Gasteiger partial charge >= 0.3 is 0 Å². The summed E-state index contributed by atoms with van der Waals surface area (Å²) >= 11 is 7.29. The molecule has 0 aromatic carbocycles. The average Bonchev–Trinajstić information content (AvgIpc) is 3.30. The van der Waals surface area contributed by atoms with Gasteiger partial charge in [0.1, 0.15) is 11.9 Å². The van der Waals surface area contributed by atoms with Gasteiger partial charge in [-0.3, -0.25) is 4.99 Å². The summed E-state index contributed by atoms with van der Waals surface area (Å²) in [5.41, 5.74) is 0. The van der Waals surface area contributed by atoms with Crippen LogP contribution in [0, 0.1) is 0 Å². The molecule has 0 aliphatic rings. The molecule has 2 aromatic heterocycles. The van der Waals surface area contributed by atoms with Crippen molar-refractivity contribution < 1.29 is 14.3 Å². The van der Waals surface area contributed by atoms with E-state index in [1.54, 1.807) is 12.3 Å². The largest absolute Gasteiger partial charge is 0.469 e. The van der Waals surface area contributed by atoms with Crippen molar-refractivity contribution in [3.8, 4) is 0 Å². The fourth-order valence-corrected chi connectivity index (χ4v) is 3.27. The SMILES string of the molecule is CCOCCCNC(=NCC(O)c1ccc(Cl)s1)NCCc1ccco1. The van der Waals surface area contributed by atoms with E-state index in [-0.39, 0.29) is 6.54 Å². The lowest BCUT2D eigenvalue weighted by Gasteiger charge is -2.13. The highest BCUT2D eigenvalue weighted by molar-refractivity contribution is 7.16. The number of aliphatic hydroxyl groups excluding tert-OH is 1. The van der Waals surface area contributed by atoms with Gasteiger partial charge < -0.3 is 24.9 Å². The van der Waals surface area contributed by atoms with Crippen LogP contribution in [0.25, 0.3) is 0 Å². The number of hydrogen-bond acceptors (Lipinski definition) is 5. The van der Waals surface area contributed by atoms with Gasteiger partial charge in [-0.05, 0) is 37.6 Å². The molecule has 2 rings (SSSR count). The third-order valence-corrected chi connectivity index (χ3v) is 4.88. The molecule has 0 fully saturated rings. The molecule has 0 amide bonds. The number of nitrogens with zero attached hydrogens (tertiary/aromatic N) is 1. The van der Waals surface area contributed by atoms with E-state index in [0.29, 0.717) is 23.4 Å². The molecule has 8 heteroatoms. The lowest BCUT2D eigenvalue weighted by atomic mass is 10.3. The number of furan rings is 1. The molecule has 2 heterocycles. The molecule has 26 heavy (non-hydrogen) atoms. The quantitative estimate of drug-likeness (QED) is 0.307. The fraction of sp³-hybridized carbons (Fsp3) is 0.500. The summed E-state index contributed by atoms with van der Waals surface area (Å²) in [6, 6.07) is 7.42. The van der Waals surface area contributed by atoms with Crippen molar-refractivity contribution in [2.24, 2.45) is 4.99 Å². The number of thiophene rings is 1. The van der Waals surface area contributed by atoms with Crippen molar-refractivity contribution in [1.29, 1.82) is 0 Å². The summed E-state index contributed by atoms with van der Waals surface area (Å²) in [6.45, 7) is 5.10. The molecule has 6 nitrogen and oxygen atoms in total. The first kappa shape index (κ1) is 20.8. The Hall–Kier alpha value is -1.54. The van der Waals surface area contributed by atoms with Crippen LogP contribution in [0.15, 0.2) is 39.9 Å². The number of rotatable bonds is 11. The van der Waals surface area contributed by atoms with Crippen LogP contribution in [0.2, 0.25) is 4.34 Å². The maximum absolute atomic E-state index is 10.3. The van der Waals surface area contributed by atoms with Crippen LogP contribution in [-0.4, -0.2) is 43.9 Å². The van der Waals surface area contributed by atoms with Crippen LogP contribution in [0.1, 0.15) is 30.1 Å². The molecule has 0 aliphatic heterocycles. The second kappa shape index (κ2) is 12.0. The number of hydrogen-bond donors (Lipinski definition) is 3. The van der Waals surface area contributed by atoms with Crippen LogP contribution < -0.4 is 10.6 Å². The summed E-state index contributed by atoms with van der Waals surface area (Å²) in [5.74, 6) is 1.58. The number of ether oxygens (including phenoxy) is 1. The highest BCUT2D eigenvalue weighted by Crippen LogP contribution is 2.26. The second-order valence-electron chi connectivity index (χ2n) is 5.58. The van der Waals surface area contributed by atoms with Crippen LogP contribution >= 0.6 is 22.9 Å². The van der Waals surface area contributed by atoms with Crippen molar-refractivity contribution in [2.75, 3.05) is 32.8 Å². The van der Waals surface area contributed by atoms with E-state index < -0.39 is 6.10 Å². The molecule has 0 spiro atoms. The Bertz CT molecular complexity index is 646. The molecule has 0 aliphatic carbocycles. The van der Waals surface area contributed by atoms with E-state index in [1.807, 2.05) is 25.1 Å². The van der Waals surface area contributed by atoms with Gasteiger partial charge in [0.2, 0.25) is 0 Å². The van der Waals surface area contributed by atoms with Crippen LogP contribution in [0.3, 0.4) is 0 Å². The zero-order valence-electron chi connectivity index (χ0n) is 14.9. The summed E-state index contributed by atoms with van der Waals surface area (Å²) in [7, 11) is 0. The molecule has 0 bridgehead atoms. The normalized spacial score (nSPS) is 13.0. The maximum atomic E-state index is 10.3. The molecular formula is C18H26ClN3O3S. The highest BCUT2D eigenvalue weighted by Gasteiger charge is 2.10. The lowest BCUT2D eigenvalue weighted by Crippen LogP contribution is -2.39.